The monoisotopic (exact) mass is 280 g/mol. The summed E-state index contributed by atoms with van der Waals surface area (Å²) in [6.07, 6.45) is 2.58. The highest BCUT2D eigenvalue weighted by atomic mass is 16.5. The minimum Gasteiger partial charge on any atom is -0.508 e. The fourth-order valence-electron chi connectivity index (χ4n) is 1.70. The number of unbranched alkanes of at least 4 members (excludes halogenated alkanes) is 1. The molecule has 1 atom stereocenters. The molecule has 0 fully saturated rings. The summed E-state index contributed by atoms with van der Waals surface area (Å²) in [6.45, 7) is 3.82. The van der Waals surface area contributed by atoms with Crippen LogP contribution in [0.2, 0.25) is 0 Å². The van der Waals surface area contributed by atoms with E-state index >= 15 is 0 Å². The van der Waals surface area contributed by atoms with Crippen LogP contribution in [-0.4, -0.2) is 36.8 Å². The lowest BCUT2D eigenvalue weighted by Gasteiger charge is -2.12. The quantitative estimate of drug-likeness (QED) is 0.593. The van der Waals surface area contributed by atoms with Crippen molar-refractivity contribution in [2.75, 3.05) is 19.8 Å². The number of carbonyl (C=O) groups excluding carboxylic acids is 1. The van der Waals surface area contributed by atoms with Gasteiger partial charge in [-0.25, -0.2) is 0 Å². The molecule has 0 unspecified atom stereocenters. The number of phenols is 1. The Balaban J connectivity index is 2.20. The molecule has 5 heteroatoms. The third kappa shape index (κ3) is 6.54. The van der Waals surface area contributed by atoms with E-state index in [0.717, 1.165) is 25.0 Å². The first-order chi connectivity index (χ1) is 9.63. The Morgan fingerprint density at radius 3 is 2.70 bits per heavy atom. The number of rotatable bonds is 9. The summed E-state index contributed by atoms with van der Waals surface area (Å²) in [6, 6.07) is 6.10. The van der Waals surface area contributed by atoms with Crippen molar-refractivity contribution in [3.8, 4) is 5.75 Å². The summed E-state index contributed by atoms with van der Waals surface area (Å²) in [5.74, 6) is 0.0215. The molecule has 0 bridgehead atoms. The third-order valence-electron chi connectivity index (χ3n) is 2.92. The molecule has 0 saturated carbocycles. The highest BCUT2D eigenvalue weighted by molar-refractivity contribution is 5.81. The molecule has 1 amide bonds. The molecule has 5 nitrogen and oxygen atoms in total. The van der Waals surface area contributed by atoms with E-state index in [1.807, 2.05) is 0 Å². The second-order valence-electron chi connectivity index (χ2n) is 4.73. The average Bonchev–Trinajstić information content (AvgIpc) is 2.45. The standard InChI is InChI=1S/C15H24N2O3/c1-2-3-9-20-10-8-17-15(19)14(16)11-12-4-6-13(18)7-5-12/h4-7,14,18H,2-3,8-11,16H2,1H3,(H,17,19)/t14-/m0/s1. The van der Waals surface area contributed by atoms with Crippen molar-refractivity contribution in [1.82, 2.24) is 5.32 Å². The van der Waals surface area contributed by atoms with E-state index in [1.54, 1.807) is 24.3 Å². The van der Waals surface area contributed by atoms with Gasteiger partial charge < -0.3 is 20.9 Å². The lowest BCUT2D eigenvalue weighted by molar-refractivity contribution is -0.122. The van der Waals surface area contributed by atoms with E-state index in [4.69, 9.17) is 10.5 Å². The first-order valence-electron chi connectivity index (χ1n) is 7.02. The molecule has 0 heterocycles. The lowest BCUT2D eigenvalue weighted by Crippen LogP contribution is -2.43. The molecule has 112 valence electrons. The first kappa shape index (κ1) is 16.5. The molecule has 0 spiro atoms. The van der Waals surface area contributed by atoms with Crippen LogP contribution in [0.25, 0.3) is 0 Å². The Hall–Kier alpha value is -1.59. The summed E-state index contributed by atoms with van der Waals surface area (Å²) in [5.41, 5.74) is 6.76. The second-order valence-corrected chi connectivity index (χ2v) is 4.73. The SMILES string of the molecule is CCCCOCCNC(=O)[C@@H](N)Cc1ccc(O)cc1. The number of benzene rings is 1. The number of nitrogens with two attached hydrogens (primary N) is 1. The van der Waals surface area contributed by atoms with Crippen LogP contribution in [-0.2, 0) is 16.0 Å². The van der Waals surface area contributed by atoms with E-state index in [0.29, 0.717) is 19.6 Å². The Kier molecular flexibility index (Phi) is 7.69. The van der Waals surface area contributed by atoms with Gasteiger partial charge in [-0.05, 0) is 30.5 Å². The highest BCUT2D eigenvalue weighted by Crippen LogP contribution is 2.10. The molecule has 0 aromatic heterocycles. The Bertz CT molecular complexity index is 393. The van der Waals surface area contributed by atoms with E-state index < -0.39 is 6.04 Å². The number of aromatic hydroxyl groups is 1. The van der Waals surface area contributed by atoms with Crippen LogP contribution in [0, 0.1) is 0 Å². The molecular formula is C15H24N2O3. The van der Waals surface area contributed by atoms with Crippen LogP contribution < -0.4 is 11.1 Å². The van der Waals surface area contributed by atoms with Gasteiger partial charge in [-0.15, -0.1) is 0 Å². The first-order valence-corrected chi connectivity index (χ1v) is 7.02. The number of ether oxygens (including phenoxy) is 1. The van der Waals surface area contributed by atoms with Crippen molar-refractivity contribution in [1.29, 1.82) is 0 Å². The van der Waals surface area contributed by atoms with Gasteiger partial charge in [0.15, 0.2) is 0 Å². The summed E-state index contributed by atoms with van der Waals surface area (Å²) in [7, 11) is 0. The van der Waals surface area contributed by atoms with Crippen molar-refractivity contribution in [3.05, 3.63) is 29.8 Å². The van der Waals surface area contributed by atoms with Crippen molar-refractivity contribution in [2.45, 2.75) is 32.2 Å². The Labute approximate surface area is 120 Å². The number of carbonyl (C=O) groups is 1. The van der Waals surface area contributed by atoms with Gasteiger partial charge in [-0.2, -0.15) is 0 Å². The fourth-order valence-corrected chi connectivity index (χ4v) is 1.70. The molecule has 0 aliphatic rings. The third-order valence-corrected chi connectivity index (χ3v) is 2.92. The topological polar surface area (TPSA) is 84.6 Å². The van der Waals surface area contributed by atoms with E-state index in [2.05, 4.69) is 12.2 Å². The van der Waals surface area contributed by atoms with Crippen LogP contribution in [0.3, 0.4) is 0 Å². The number of phenolic OH excluding ortho intramolecular Hbond substituents is 1. The number of hydrogen-bond acceptors (Lipinski definition) is 4. The molecule has 1 aromatic rings. The zero-order chi connectivity index (χ0) is 14.8. The molecular weight excluding hydrogens is 256 g/mol. The van der Waals surface area contributed by atoms with E-state index in [-0.39, 0.29) is 11.7 Å². The Morgan fingerprint density at radius 2 is 2.05 bits per heavy atom. The smallest absolute Gasteiger partial charge is 0.237 e. The predicted octanol–water partition coefficient (Wildman–Crippen LogP) is 1.19. The van der Waals surface area contributed by atoms with Gasteiger partial charge in [-0.1, -0.05) is 25.5 Å². The van der Waals surface area contributed by atoms with Gasteiger partial charge in [0.2, 0.25) is 5.91 Å². The second kappa shape index (κ2) is 9.34. The van der Waals surface area contributed by atoms with Gasteiger partial charge in [0.1, 0.15) is 5.75 Å². The molecule has 0 aliphatic heterocycles. The van der Waals surface area contributed by atoms with Crippen molar-refractivity contribution in [2.24, 2.45) is 5.73 Å². The van der Waals surface area contributed by atoms with Gasteiger partial charge in [0.05, 0.1) is 12.6 Å². The number of amides is 1. The maximum Gasteiger partial charge on any atom is 0.237 e. The number of nitrogens with one attached hydrogen (secondary N) is 1. The van der Waals surface area contributed by atoms with E-state index in [1.165, 1.54) is 0 Å². The zero-order valence-corrected chi connectivity index (χ0v) is 12.0. The average molecular weight is 280 g/mol. The van der Waals surface area contributed by atoms with Crippen LogP contribution >= 0.6 is 0 Å². The van der Waals surface area contributed by atoms with Crippen LogP contribution in [0.1, 0.15) is 25.3 Å². The summed E-state index contributed by atoms with van der Waals surface area (Å²) >= 11 is 0. The molecule has 0 radical (unpaired) electrons. The van der Waals surface area contributed by atoms with Gasteiger partial charge in [-0.3, -0.25) is 4.79 Å². The zero-order valence-electron chi connectivity index (χ0n) is 12.0. The molecule has 0 saturated heterocycles. The van der Waals surface area contributed by atoms with Gasteiger partial charge >= 0.3 is 0 Å². The van der Waals surface area contributed by atoms with Crippen molar-refractivity contribution >= 4 is 5.91 Å². The van der Waals surface area contributed by atoms with Crippen LogP contribution in [0.5, 0.6) is 5.75 Å². The van der Waals surface area contributed by atoms with E-state index in [9.17, 15) is 9.90 Å². The number of hydrogen-bond donors (Lipinski definition) is 3. The van der Waals surface area contributed by atoms with Gasteiger partial charge in [0.25, 0.3) is 0 Å². The largest absolute Gasteiger partial charge is 0.508 e. The van der Waals surface area contributed by atoms with Crippen molar-refractivity contribution in [3.63, 3.8) is 0 Å². The summed E-state index contributed by atoms with van der Waals surface area (Å²) < 4.78 is 5.35. The molecule has 1 aromatic carbocycles. The van der Waals surface area contributed by atoms with Gasteiger partial charge in [0, 0.05) is 13.2 Å². The maximum absolute atomic E-state index is 11.8. The molecule has 0 aliphatic carbocycles. The minimum absolute atomic E-state index is 0.183. The fraction of sp³-hybridized carbons (Fsp3) is 0.533. The molecule has 20 heavy (non-hydrogen) atoms. The Morgan fingerprint density at radius 1 is 1.35 bits per heavy atom. The molecule has 1 rings (SSSR count). The normalized spacial score (nSPS) is 12.1. The summed E-state index contributed by atoms with van der Waals surface area (Å²) in [4.78, 5) is 11.8. The van der Waals surface area contributed by atoms with Crippen LogP contribution in [0.15, 0.2) is 24.3 Å². The minimum atomic E-state index is -0.588. The highest BCUT2D eigenvalue weighted by Gasteiger charge is 2.13. The van der Waals surface area contributed by atoms with Crippen molar-refractivity contribution < 1.29 is 14.6 Å². The lowest BCUT2D eigenvalue weighted by atomic mass is 10.1. The maximum atomic E-state index is 11.8. The molecule has 4 N–H and O–H groups in total. The predicted molar refractivity (Wildman–Crippen MR) is 78.5 cm³/mol. The summed E-state index contributed by atoms with van der Waals surface area (Å²) in [5, 5.41) is 11.9. The van der Waals surface area contributed by atoms with Crippen LogP contribution in [0.4, 0.5) is 0 Å².